The molecule has 1 aromatic rings. The fraction of sp³-hybridized carbons (Fsp3) is 0.167. The van der Waals surface area contributed by atoms with Crippen LogP contribution < -0.4 is 11.5 Å². The highest BCUT2D eigenvalue weighted by molar-refractivity contribution is 5.81. The standard InChI is InChI=1S/C12H14N2O4/c13-12(14)5-10(17)8(4-11(12)18)7-3-6(15)1-2-9(7)16/h1-4,15-18H,5,13-14H2. The lowest BCUT2D eigenvalue weighted by molar-refractivity contribution is 0.261. The molecule has 96 valence electrons. The summed E-state index contributed by atoms with van der Waals surface area (Å²) in [6, 6.07) is 3.85. The van der Waals surface area contributed by atoms with Gasteiger partial charge >= 0.3 is 0 Å². The molecular weight excluding hydrogens is 236 g/mol. The third-order valence-electron chi connectivity index (χ3n) is 2.80. The van der Waals surface area contributed by atoms with Crippen LogP contribution in [0.4, 0.5) is 0 Å². The van der Waals surface area contributed by atoms with E-state index in [-0.39, 0.29) is 40.6 Å². The summed E-state index contributed by atoms with van der Waals surface area (Å²) >= 11 is 0. The summed E-state index contributed by atoms with van der Waals surface area (Å²) in [5.41, 5.74) is 9.98. The van der Waals surface area contributed by atoms with Gasteiger partial charge in [0.05, 0.1) is 0 Å². The largest absolute Gasteiger partial charge is 0.512 e. The quantitative estimate of drug-likeness (QED) is 0.323. The van der Waals surface area contributed by atoms with Gasteiger partial charge < -0.3 is 31.9 Å². The Hall–Kier alpha value is -2.18. The zero-order valence-corrected chi connectivity index (χ0v) is 9.46. The van der Waals surface area contributed by atoms with Crippen molar-refractivity contribution in [1.82, 2.24) is 0 Å². The van der Waals surface area contributed by atoms with E-state index in [1.165, 1.54) is 24.3 Å². The van der Waals surface area contributed by atoms with Gasteiger partial charge in [0.2, 0.25) is 0 Å². The maximum absolute atomic E-state index is 9.86. The van der Waals surface area contributed by atoms with Crippen LogP contribution in [-0.4, -0.2) is 26.1 Å². The average molecular weight is 250 g/mol. The van der Waals surface area contributed by atoms with Gasteiger partial charge in [0.15, 0.2) is 0 Å². The highest BCUT2D eigenvalue weighted by Gasteiger charge is 2.32. The first-order valence-electron chi connectivity index (χ1n) is 5.24. The maximum atomic E-state index is 9.86. The number of aliphatic hydroxyl groups excluding tert-OH is 2. The number of phenols is 2. The van der Waals surface area contributed by atoms with E-state index in [0.717, 1.165) is 0 Å². The Labute approximate surface area is 103 Å². The molecule has 8 N–H and O–H groups in total. The lowest BCUT2D eigenvalue weighted by Crippen LogP contribution is -2.52. The lowest BCUT2D eigenvalue weighted by atomic mass is 9.90. The highest BCUT2D eigenvalue weighted by atomic mass is 16.3. The van der Waals surface area contributed by atoms with E-state index in [0.29, 0.717) is 0 Å². The predicted molar refractivity (Wildman–Crippen MR) is 65.8 cm³/mol. The van der Waals surface area contributed by atoms with Gasteiger partial charge in [-0.15, -0.1) is 0 Å². The van der Waals surface area contributed by atoms with E-state index in [1.54, 1.807) is 0 Å². The predicted octanol–water partition coefficient (Wildman–Crippen LogP) is 0.826. The maximum Gasteiger partial charge on any atom is 0.130 e. The monoisotopic (exact) mass is 250 g/mol. The minimum atomic E-state index is -1.53. The summed E-state index contributed by atoms with van der Waals surface area (Å²) in [4.78, 5) is 0. The first kappa shape index (κ1) is 12.3. The molecule has 0 amide bonds. The molecule has 0 saturated heterocycles. The molecule has 2 rings (SSSR count). The summed E-state index contributed by atoms with van der Waals surface area (Å²) in [6.07, 6.45) is 1.01. The van der Waals surface area contributed by atoms with Crippen LogP contribution in [0.15, 0.2) is 35.8 Å². The van der Waals surface area contributed by atoms with E-state index in [2.05, 4.69) is 0 Å². The Morgan fingerprint density at radius 2 is 1.72 bits per heavy atom. The number of rotatable bonds is 1. The Balaban J connectivity index is 2.55. The first-order chi connectivity index (χ1) is 8.31. The van der Waals surface area contributed by atoms with Gasteiger partial charge in [-0.25, -0.2) is 0 Å². The topological polar surface area (TPSA) is 133 Å². The molecule has 0 radical (unpaired) electrons. The Morgan fingerprint density at radius 1 is 1.06 bits per heavy atom. The molecule has 0 aromatic heterocycles. The number of hydrogen-bond acceptors (Lipinski definition) is 6. The molecule has 0 bridgehead atoms. The Bertz CT molecular complexity index is 561. The van der Waals surface area contributed by atoms with Gasteiger partial charge in [0.1, 0.15) is 28.7 Å². The molecule has 0 saturated carbocycles. The number of aliphatic hydroxyl groups is 2. The molecule has 0 atom stereocenters. The minimum Gasteiger partial charge on any atom is -0.512 e. The van der Waals surface area contributed by atoms with Crippen LogP contribution in [0.1, 0.15) is 12.0 Å². The van der Waals surface area contributed by atoms with Crippen molar-refractivity contribution in [2.24, 2.45) is 11.5 Å². The van der Waals surface area contributed by atoms with Crippen LogP contribution in [0.5, 0.6) is 11.5 Å². The molecule has 0 spiro atoms. The van der Waals surface area contributed by atoms with Crippen molar-refractivity contribution in [3.05, 3.63) is 41.4 Å². The molecule has 0 aliphatic heterocycles. The third-order valence-corrected chi connectivity index (χ3v) is 2.80. The average Bonchev–Trinajstić information content (AvgIpc) is 2.27. The lowest BCUT2D eigenvalue weighted by Gasteiger charge is -2.28. The minimum absolute atomic E-state index is 0.0756. The van der Waals surface area contributed by atoms with Gasteiger partial charge in [-0.3, -0.25) is 0 Å². The SMILES string of the molecule is NC1(N)CC(O)=C(c2cc(O)ccc2O)C=C1O. The van der Waals surface area contributed by atoms with Crippen molar-refractivity contribution in [3.63, 3.8) is 0 Å². The molecule has 1 aliphatic carbocycles. The number of nitrogens with two attached hydrogens (primary N) is 2. The van der Waals surface area contributed by atoms with Gasteiger partial charge in [-0.05, 0) is 24.3 Å². The van der Waals surface area contributed by atoms with Crippen LogP contribution in [-0.2, 0) is 0 Å². The fourth-order valence-electron chi connectivity index (χ4n) is 1.79. The summed E-state index contributed by atoms with van der Waals surface area (Å²) in [5.74, 6) is -0.690. The van der Waals surface area contributed by atoms with Crippen LogP contribution in [0, 0.1) is 0 Å². The van der Waals surface area contributed by atoms with Crippen molar-refractivity contribution in [2.75, 3.05) is 0 Å². The molecular formula is C12H14N2O4. The summed E-state index contributed by atoms with van der Waals surface area (Å²) in [6.45, 7) is 0. The number of hydrogen-bond donors (Lipinski definition) is 6. The molecule has 0 unspecified atom stereocenters. The second-order valence-corrected chi connectivity index (χ2v) is 4.31. The molecule has 0 heterocycles. The van der Waals surface area contributed by atoms with Crippen LogP contribution >= 0.6 is 0 Å². The molecule has 0 fully saturated rings. The fourth-order valence-corrected chi connectivity index (χ4v) is 1.79. The molecule has 6 heteroatoms. The summed E-state index contributed by atoms with van der Waals surface area (Å²) in [5, 5.41) is 38.6. The van der Waals surface area contributed by atoms with E-state index in [4.69, 9.17) is 11.5 Å². The Kier molecular flexibility index (Phi) is 2.68. The van der Waals surface area contributed by atoms with Crippen molar-refractivity contribution in [2.45, 2.75) is 12.1 Å². The number of aromatic hydroxyl groups is 2. The van der Waals surface area contributed by atoms with Crippen LogP contribution in [0.25, 0.3) is 5.57 Å². The zero-order chi connectivity index (χ0) is 13.5. The Morgan fingerprint density at radius 3 is 2.39 bits per heavy atom. The molecule has 1 aliphatic rings. The summed E-state index contributed by atoms with van der Waals surface area (Å²) in [7, 11) is 0. The second-order valence-electron chi connectivity index (χ2n) is 4.31. The summed E-state index contributed by atoms with van der Waals surface area (Å²) < 4.78 is 0. The number of allylic oxidation sites excluding steroid dienone is 2. The van der Waals surface area contributed by atoms with Crippen molar-refractivity contribution < 1.29 is 20.4 Å². The third kappa shape index (κ3) is 1.99. The molecule has 6 nitrogen and oxygen atoms in total. The first-order valence-corrected chi connectivity index (χ1v) is 5.24. The number of benzene rings is 1. The van der Waals surface area contributed by atoms with Crippen molar-refractivity contribution >= 4 is 5.57 Å². The normalized spacial score (nSPS) is 18.7. The number of phenolic OH excluding ortho intramolecular Hbond substituents is 2. The van der Waals surface area contributed by atoms with Gasteiger partial charge in [-0.2, -0.15) is 0 Å². The van der Waals surface area contributed by atoms with Crippen LogP contribution in [0.3, 0.4) is 0 Å². The van der Waals surface area contributed by atoms with Crippen molar-refractivity contribution in [3.8, 4) is 11.5 Å². The van der Waals surface area contributed by atoms with E-state index >= 15 is 0 Å². The second kappa shape index (κ2) is 3.94. The van der Waals surface area contributed by atoms with Gasteiger partial charge in [0.25, 0.3) is 0 Å². The zero-order valence-electron chi connectivity index (χ0n) is 9.46. The molecule has 18 heavy (non-hydrogen) atoms. The van der Waals surface area contributed by atoms with E-state index in [1.807, 2.05) is 0 Å². The highest BCUT2D eigenvalue weighted by Crippen LogP contribution is 2.36. The molecule has 1 aromatic carbocycles. The van der Waals surface area contributed by atoms with E-state index in [9.17, 15) is 20.4 Å². The van der Waals surface area contributed by atoms with Gasteiger partial charge in [-0.1, -0.05) is 0 Å². The van der Waals surface area contributed by atoms with E-state index < -0.39 is 5.66 Å². The smallest absolute Gasteiger partial charge is 0.130 e. The van der Waals surface area contributed by atoms with Crippen LogP contribution in [0.2, 0.25) is 0 Å². The van der Waals surface area contributed by atoms with Crippen molar-refractivity contribution in [1.29, 1.82) is 0 Å². The van der Waals surface area contributed by atoms with Gasteiger partial charge in [0, 0.05) is 17.6 Å².